The van der Waals surface area contributed by atoms with Gasteiger partial charge >= 0.3 is 5.97 Å². The van der Waals surface area contributed by atoms with Crippen LogP contribution in [0.5, 0.6) is 5.75 Å². The topological polar surface area (TPSA) is 86.6 Å². The van der Waals surface area contributed by atoms with Crippen LogP contribution in [0.4, 0.5) is 5.69 Å². The molecule has 0 unspecified atom stereocenters. The number of aromatic hydroxyl groups is 1. The van der Waals surface area contributed by atoms with Gasteiger partial charge in [0.25, 0.3) is 0 Å². The first-order chi connectivity index (χ1) is 7.88. The number of amides is 1. The maximum absolute atomic E-state index is 11.5. The predicted molar refractivity (Wildman–Crippen MR) is 63.2 cm³/mol. The van der Waals surface area contributed by atoms with Crippen LogP contribution in [0.15, 0.2) is 18.2 Å². The van der Waals surface area contributed by atoms with Crippen molar-refractivity contribution in [2.75, 3.05) is 5.32 Å². The van der Waals surface area contributed by atoms with Gasteiger partial charge in [0.05, 0.1) is 5.56 Å². The quantitative estimate of drug-likeness (QED) is 0.748. The Bertz CT molecular complexity index is 440. The highest BCUT2D eigenvalue weighted by Crippen LogP contribution is 2.20. The van der Waals surface area contributed by atoms with Crippen molar-refractivity contribution >= 4 is 17.6 Å². The number of hydrogen-bond donors (Lipinski definition) is 3. The minimum atomic E-state index is -1.15. The Kier molecular flexibility index (Phi) is 4.09. The van der Waals surface area contributed by atoms with Gasteiger partial charge in [-0.2, -0.15) is 0 Å². The molecule has 1 rings (SSSR count). The van der Waals surface area contributed by atoms with Gasteiger partial charge in [0.2, 0.25) is 5.91 Å². The molecule has 0 heterocycles. The molecule has 0 aromatic heterocycles. The van der Waals surface area contributed by atoms with Crippen LogP contribution in [0.3, 0.4) is 0 Å². The van der Waals surface area contributed by atoms with Crippen molar-refractivity contribution in [2.45, 2.75) is 20.3 Å². The van der Waals surface area contributed by atoms with Gasteiger partial charge in [-0.1, -0.05) is 13.8 Å². The standard InChI is InChI=1S/C12H15NO4/c1-7(2)3-11(15)13-9-4-8(12(16)17)5-10(14)6-9/h4-7,14H,3H2,1-2H3,(H,13,15)(H,16,17). The number of phenolic OH excluding ortho intramolecular Hbond substituents is 1. The molecule has 0 aliphatic rings. The Morgan fingerprint density at radius 3 is 2.47 bits per heavy atom. The lowest BCUT2D eigenvalue weighted by molar-refractivity contribution is -0.116. The Labute approximate surface area is 99.1 Å². The van der Waals surface area contributed by atoms with Crippen LogP contribution in [0.2, 0.25) is 0 Å². The van der Waals surface area contributed by atoms with E-state index in [2.05, 4.69) is 5.32 Å². The summed E-state index contributed by atoms with van der Waals surface area (Å²) in [6.45, 7) is 3.81. The van der Waals surface area contributed by atoms with Crippen molar-refractivity contribution < 1.29 is 19.8 Å². The van der Waals surface area contributed by atoms with Crippen molar-refractivity contribution in [3.63, 3.8) is 0 Å². The average molecular weight is 237 g/mol. The minimum Gasteiger partial charge on any atom is -0.508 e. The number of carbonyl (C=O) groups is 2. The second-order valence-corrected chi connectivity index (χ2v) is 4.22. The molecule has 0 bridgehead atoms. The van der Waals surface area contributed by atoms with E-state index < -0.39 is 5.97 Å². The van der Waals surface area contributed by atoms with Crippen molar-refractivity contribution in [3.8, 4) is 5.75 Å². The fourth-order valence-electron chi connectivity index (χ4n) is 1.39. The molecular formula is C12H15NO4. The molecule has 0 spiro atoms. The fraction of sp³-hybridized carbons (Fsp3) is 0.333. The van der Waals surface area contributed by atoms with Gasteiger partial charge in [-0.15, -0.1) is 0 Å². The van der Waals surface area contributed by atoms with Gasteiger partial charge in [-0.3, -0.25) is 4.79 Å². The first-order valence-electron chi connectivity index (χ1n) is 5.25. The van der Waals surface area contributed by atoms with Gasteiger partial charge in [0.15, 0.2) is 0 Å². The summed E-state index contributed by atoms with van der Waals surface area (Å²) < 4.78 is 0. The van der Waals surface area contributed by atoms with Crippen molar-refractivity contribution in [1.29, 1.82) is 0 Å². The van der Waals surface area contributed by atoms with E-state index in [4.69, 9.17) is 5.11 Å². The Balaban J connectivity index is 2.84. The van der Waals surface area contributed by atoms with Crippen LogP contribution in [0.25, 0.3) is 0 Å². The average Bonchev–Trinajstić information content (AvgIpc) is 2.14. The zero-order valence-electron chi connectivity index (χ0n) is 9.73. The normalized spacial score (nSPS) is 10.3. The molecule has 0 aliphatic carbocycles. The van der Waals surface area contributed by atoms with Crippen LogP contribution >= 0.6 is 0 Å². The number of carboxylic acids is 1. The largest absolute Gasteiger partial charge is 0.508 e. The second-order valence-electron chi connectivity index (χ2n) is 4.22. The van der Waals surface area contributed by atoms with Gasteiger partial charge in [-0.05, 0) is 18.1 Å². The number of hydrogen-bond acceptors (Lipinski definition) is 3. The number of nitrogens with one attached hydrogen (secondary N) is 1. The summed E-state index contributed by atoms with van der Waals surface area (Å²) >= 11 is 0. The molecule has 3 N–H and O–H groups in total. The summed E-state index contributed by atoms with van der Waals surface area (Å²) in [6.07, 6.45) is 0.345. The third-order valence-electron chi connectivity index (χ3n) is 2.04. The molecule has 92 valence electrons. The van der Waals surface area contributed by atoms with E-state index in [9.17, 15) is 14.7 Å². The summed E-state index contributed by atoms with van der Waals surface area (Å²) in [4.78, 5) is 22.2. The number of benzene rings is 1. The molecule has 0 atom stereocenters. The molecule has 0 saturated heterocycles. The first-order valence-corrected chi connectivity index (χ1v) is 5.25. The monoisotopic (exact) mass is 237 g/mol. The fourth-order valence-corrected chi connectivity index (χ4v) is 1.39. The van der Waals surface area contributed by atoms with E-state index in [0.29, 0.717) is 6.42 Å². The highest BCUT2D eigenvalue weighted by molar-refractivity contribution is 5.94. The molecule has 0 radical (unpaired) electrons. The summed E-state index contributed by atoms with van der Waals surface area (Å²) in [5, 5.41) is 20.7. The molecule has 0 saturated carbocycles. The SMILES string of the molecule is CC(C)CC(=O)Nc1cc(O)cc(C(=O)O)c1. The third kappa shape index (κ3) is 4.14. The highest BCUT2D eigenvalue weighted by atomic mass is 16.4. The zero-order chi connectivity index (χ0) is 13.0. The molecule has 17 heavy (non-hydrogen) atoms. The molecular weight excluding hydrogens is 222 g/mol. The molecule has 1 aromatic rings. The number of phenols is 1. The Morgan fingerprint density at radius 2 is 1.94 bits per heavy atom. The smallest absolute Gasteiger partial charge is 0.335 e. The number of anilines is 1. The number of carbonyl (C=O) groups excluding carboxylic acids is 1. The number of aromatic carboxylic acids is 1. The lowest BCUT2D eigenvalue weighted by Gasteiger charge is -2.08. The van der Waals surface area contributed by atoms with Gasteiger partial charge < -0.3 is 15.5 Å². The van der Waals surface area contributed by atoms with E-state index in [1.165, 1.54) is 12.1 Å². The van der Waals surface area contributed by atoms with Gasteiger partial charge in [0, 0.05) is 18.2 Å². The molecule has 1 aromatic carbocycles. The number of rotatable bonds is 4. The van der Waals surface area contributed by atoms with Gasteiger partial charge in [0.1, 0.15) is 5.75 Å². The van der Waals surface area contributed by atoms with Crippen LogP contribution < -0.4 is 5.32 Å². The number of carboxylic acid groups (broad SMARTS) is 1. The zero-order valence-corrected chi connectivity index (χ0v) is 9.73. The maximum atomic E-state index is 11.5. The predicted octanol–water partition coefficient (Wildman–Crippen LogP) is 2.07. The summed E-state index contributed by atoms with van der Waals surface area (Å²) in [7, 11) is 0. The summed E-state index contributed by atoms with van der Waals surface area (Å²) in [5.74, 6) is -1.34. The maximum Gasteiger partial charge on any atom is 0.335 e. The van der Waals surface area contributed by atoms with Crippen LogP contribution in [-0.2, 0) is 4.79 Å². The summed E-state index contributed by atoms with van der Waals surface area (Å²) in [6, 6.07) is 3.74. The van der Waals surface area contributed by atoms with Crippen LogP contribution in [0.1, 0.15) is 30.6 Å². The van der Waals surface area contributed by atoms with Gasteiger partial charge in [-0.25, -0.2) is 4.79 Å². The van der Waals surface area contributed by atoms with Crippen LogP contribution in [-0.4, -0.2) is 22.1 Å². The van der Waals surface area contributed by atoms with E-state index in [0.717, 1.165) is 6.07 Å². The molecule has 5 heteroatoms. The van der Waals surface area contributed by atoms with E-state index >= 15 is 0 Å². The van der Waals surface area contributed by atoms with Crippen molar-refractivity contribution in [3.05, 3.63) is 23.8 Å². The van der Waals surface area contributed by atoms with E-state index in [1.54, 1.807) is 0 Å². The van der Waals surface area contributed by atoms with Crippen LogP contribution in [0, 0.1) is 5.92 Å². The first kappa shape index (κ1) is 13.0. The molecule has 5 nitrogen and oxygen atoms in total. The lowest BCUT2D eigenvalue weighted by atomic mass is 10.1. The minimum absolute atomic E-state index is 0.0650. The lowest BCUT2D eigenvalue weighted by Crippen LogP contribution is -2.14. The molecule has 1 amide bonds. The Hall–Kier alpha value is -2.04. The highest BCUT2D eigenvalue weighted by Gasteiger charge is 2.09. The Morgan fingerprint density at radius 1 is 1.29 bits per heavy atom. The molecule has 0 aliphatic heterocycles. The second kappa shape index (κ2) is 5.34. The van der Waals surface area contributed by atoms with E-state index in [1.807, 2.05) is 13.8 Å². The third-order valence-corrected chi connectivity index (χ3v) is 2.04. The molecule has 0 fully saturated rings. The summed E-state index contributed by atoms with van der Waals surface area (Å²) in [5.41, 5.74) is 0.220. The van der Waals surface area contributed by atoms with Crippen molar-refractivity contribution in [1.82, 2.24) is 0 Å². The van der Waals surface area contributed by atoms with E-state index in [-0.39, 0.29) is 28.8 Å². The van der Waals surface area contributed by atoms with Crippen molar-refractivity contribution in [2.24, 2.45) is 5.92 Å².